The van der Waals surface area contributed by atoms with E-state index >= 15 is 0 Å². The van der Waals surface area contributed by atoms with E-state index in [-0.39, 0.29) is 28.7 Å². The summed E-state index contributed by atoms with van der Waals surface area (Å²) in [6.07, 6.45) is 1.37. The van der Waals surface area contributed by atoms with Crippen molar-refractivity contribution < 1.29 is 23.8 Å². The fourth-order valence-electron chi connectivity index (χ4n) is 3.15. The maximum atomic E-state index is 13.0. The number of hydrogen-bond acceptors (Lipinski definition) is 12. The van der Waals surface area contributed by atoms with Gasteiger partial charge in [0.25, 0.3) is 11.6 Å². The summed E-state index contributed by atoms with van der Waals surface area (Å²) >= 11 is 0. The van der Waals surface area contributed by atoms with Gasteiger partial charge >= 0.3 is 0 Å². The van der Waals surface area contributed by atoms with Crippen LogP contribution in [-0.2, 0) is 0 Å². The highest BCUT2D eigenvalue weighted by Crippen LogP contribution is 2.30. The number of benzene rings is 2. The lowest BCUT2D eigenvalue weighted by Gasteiger charge is -2.09. The van der Waals surface area contributed by atoms with Crippen molar-refractivity contribution in [3.8, 4) is 28.6 Å². The van der Waals surface area contributed by atoms with E-state index < -0.39 is 10.8 Å². The van der Waals surface area contributed by atoms with Crippen molar-refractivity contribution in [3.63, 3.8) is 0 Å². The van der Waals surface area contributed by atoms with Gasteiger partial charge in [0.2, 0.25) is 11.6 Å². The Morgan fingerprint density at radius 1 is 1.20 bits per heavy atom. The Labute approximate surface area is 196 Å². The van der Waals surface area contributed by atoms with Crippen LogP contribution in [0.15, 0.2) is 52.2 Å². The molecule has 1 amide bonds. The van der Waals surface area contributed by atoms with E-state index in [9.17, 15) is 14.9 Å². The van der Waals surface area contributed by atoms with Crippen LogP contribution in [0.25, 0.3) is 17.1 Å². The quantitative estimate of drug-likeness (QED) is 0.211. The van der Waals surface area contributed by atoms with Gasteiger partial charge in [0.1, 0.15) is 5.69 Å². The summed E-state index contributed by atoms with van der Waals surface area (Å²) in [5, 5.41) is 30.0. The molecule has 4 aromatic rings. The summed E-state index contributed by atoms with van der Waals surface area (Å²) < 4.78 is 16.3. The average molecular weight is 479 g/mol. The number of hydrazone groups is 1. The van der Waals surface area contributed by atoms with Crippen LogP contribution in [0.3, 0.4) is 0 Å². The molecule has 4 rings (SSSR count). The second-order valence-corrected chi connectivity index (χ2v) is 6.76. The molecule has 0 unspecified atom stereocenters. The van der Waals surface area contributed by atoms with E-state index in [1.165, 1.54) is 44.7 Å². The number of aromatic nitrogens is 5. The first kappa shape index (κ1) is 22.8. The topological polar surface area (TPSA) is 199 Å². The molecule has 2 aromatic carbocycles. The summed E-state index contributed by atoms with van der Waals surface area (Å²) in [6, 6.07) is 10.6. The molecule has 0 saturated heterocycles. The third-order valence-corrected chi connectivity index (χ3v) is 4.74. The molecule has 0 fully saturated rings. The van der Waals surface area contributed by atoms with Crippen molar-refractivity contribution in [1.29, 1.82) is 0 Å². The van der Waals surface area contributed by atoms with Crippen LogP contribution in [0.4, 0.5) is 11.5 Å². The van der Waals surface area contributed by atoms with Gasteiger partial charge in [0, 0.05) is 23.3 Å². The number of carbonyl (C=O) groups is 1. The minimum atomic E-state index is -0.724. The fourth-order valence-corrected chi connectivity index (χ4v) is 3.15. The number of nitrogens with two attached hydrogens (primary N) is 1. The number of amides is 1. The van der Waals surface area contributed by atoms with Gasteiger partial charge in [-0.3, -0.25) is 14.9 Å². The molecule has 15 heteroatoms. The number of para-hydroxylation sites is 1. The normalized spacial score (nSPS) is 10.9. The number of nitrogen functional groups attached to an aromatic ring is 1. The molecule has 0 radical (unpaired) electrons. The molecule has 0 spiro atoms. The van der Waals surface area contributed by atoms with E-state index in [1.807, 2.05) is 0 Å². The Balaban J connectivity index is 1.69. The van der Waals surface area contributed by atoms with Gasteiger partial charge in [0.05, 0.1) is 25.4 Å². The molecule has 0 aliphatic carbocycles. The SMILES string of the molecule is COc1cccc(/C=N/NC(=O)c2nnn(-c3nonc3N)c2-c2ccc([N+](=O)[O-])cc2)c1OC. The van der Waals surface area contributed by atoms with Gasteiger partial charge in [-0.2, -0.15) is 9.78 Å². The number of methoxy groups -OCH3 is 2. The number of nitro benzene ring substituents is 1. The fraction of sp³-hybridized carbons (Fsp3) is 0.100. The van der Waals surface area contributed by atoms with E-state index in [0.29, 0.717) is 22.6 Å². The molecule has 0 aliphatic rings. The number of non-ortho nitro benzene ring substituents is 1. The Morgan fingerprint density at radius 3 is 2.60 bits per heavy atom. The van der Waals surface area contributed by atoms with Crippen LogP contribution >= 0.6 is 0 Å². The third-order valence-electron chi connectivity index (χ3n) is 4.74. The van der Waals surface area contributed by atoms with E-state index in [2.05, 4.69) is 35.8 Å². The predicted octanol–water partition coefficient (Wildman–Crippen LogP) is 1.59. The summed E-state index contributed by atoms with van der Waals surface area (Å²) in [7, 11) is 2.98. The van der Waals surface area contributed by atoms with Crippen molar-refractivity contribution in [2.24, 2.45) is 5.10 Å². The van der Waals surface area contributed by atoms with Crippen molar-refractivity contribution in [1.82, 2.24) is 30.7 Å². The van der Waals surface area contributed by atoms with Crippen molar-refractivity contribution in [2.75, 3.05) is 20.0 Å². The van der Waals surface area contributed by atoms with Crippen molar-refractivity contribution >= 4 is 23.6 Å². The number of anilines is 1. The zero-order valence-electron chi connectivity index (χ0n) is 18.3. The first-order chi connectivity index (χ1) is 16.9. The second-order valence-electron chi connectivity index (χ2n) is 6.76. The number of nitro groups is 1. The Morgan fingerprint density at radius 2 is 1.97 bits per heavy atom. The second kappa shape index (κ2) is 9.65. The first-order valence-corrected chi connectivity index (χ1v) is 9.78. The van der Waals surface area contributed by atoms with E-state index in [0.717, 1.165) is 4.68 Å². The molecule has 2 heterocycles. The van der Waals surface area contributed by atoms with Gasteiger partial charge in [0.15, 0.2) is 17.2 Å². The monoisotopic (exact) mass is 479 g/mol. The highest BCUT2D eigenvalue weighted by atomic mass is 16.6. The van der Waals surface area contributed by atoms with Crippen molar-refractivity contribution in [2.45, 2.75) is 0 Å². The van der Waals surface area contributed by atoms with Crippen LogP contribution in [0.5, 0.6) is 11.5 Å². The van der Waals surface area contributed by atoms with Crippen LogP contribution in [0.2, 0.25) is 0 Å². The van der Waals surface area contributed by atoms with Crippen molar-refractivity contribution in [3.05, 3.63) is 63.8 Å². The molecule has 0 atom stereocenters. The van der Waals surface area contributed by atoms with E-state index in [4.69, 9.17) is 15.2 Å². The third kappa shape index (κ3) is 4.45. The number of hydrogen-bond donors (Lipinski definition) is 2. The lowest BCUT2D eigenvalue weighted by atomic mass is 10.1. The summed E-state index contributed by atoms with van der Waals surface area (Å²) in [4.78, 5) is 23.4. The summed E-state index contributed by atoms with van der Waals surface area (Å²) in [6.45, 7) is 0. The standard InChI is InChI=1S/C20H17N9O6/c1-33-14-5-3-4-12(17(14)34-2)10-22-24-20(30)15-16(11-6-8-13(9-7-11)29(31)32)28(27-23-15)19-18(21)25-35-26-19/h3-10H,1-2H3,(H2,21,25)(H,24,30)/b22-10+. The minimum absolute atomic E-state index is 0.0190. The van der Waals surface area contributed by atoms with Crippen LogP contribution in [0.1, 0.15) is 16.1 Å². The smallest absolute Gasteiger partial charge is 0.294 e. The number of rotatable bonds is 8. The van der Waals surface area contributed by atoms with Gasteiger partial charge in [-0.25, -0.2) is 10.1 Å². The molecule has 0 saturated carbocycles. The maximum absolute atomic E-state index is 13.0. The largest absolute Gasteiger partial charge is 0.493 e. The zero-order chi connectivity index (χ0) is 24.9. The van der Waals surface area contributed by atoms with Crippen LogP contribution in [0, 0.1) is 10.1 Å². The Hall–Kier alpha value is -5.34. The zero-order valence-corrected chi connectivity index (χ0v) is 18.3. The number of nitrogens with zero attached hydrogens (tertiary/aromatic N) is 7. The van der Waals surface area contributed by atoms with Gasteiger partial charge in [-0.1, -0.05) is 11.3 Å². The van der Waals surface area contributed by atoms with Gasteiger partial charge in [-0.15, -0.1) is 5.10 Å². The molecule has 0 aliphatic heterocycles. The summed E-state index contributed by atoms with van der Waals surface area (Å²) in [5.41, 5.74) is 8.89. The Bertz CT molecular complexity index is 1410. The molecule has 2 aromatic heterocycles. The molecule has 3 N–H and O–H groups in total. The lowest BCUT2D eigenvalue weighted by molar-refractivity contribution is -0.384. The first-order valence-electron chi connectivity index (χ1n) is 9.78. The van der Waals surface area contributed by atoms with Gasteiger partial charge in [-0.05, 0) is 34.6 Å². The lowest BCUT2D eigenvalue weighted by Crippen LogP contribution is -2.19. The molecular formula is C20H17N9O6. The number of nitrogens with one attached hydrogen (secondary N) is 1. The highest BCUT2D eigenvalue weighted by molar-refractivity contribution is 5.99. The number of carbonyl (C=O) groups excluding carboxylic acids is 1. The summed E-state index contributed by atoms with van der Waals surface area (Å²) in [5.74, 6) is 0.0740. The molecular weight excluding hydrogens is 462 g/mol. The maximum Gasteiger partial charge on any atom is 0.294 e. The molecule has 15 nitrogen and oxygen atoms in total. The molecule has 0 bridgehead atoms. The molecule has 178 valence electrons. The molecule has 35 heavy (non-hydrogen) atoms. The average Bonchev–Trinajstić information content (AvgIpc) is 3.49. The van der Waals surface area contributed by atoms with Crippen LogP contribution < -0.4 is 20.6 Å². The number of ether oxygens (including phenoxy) is 2. The Kier molecular flexibility index (Phi) is 6.30. The highest BCUT2D eigenvalue weighted by Gasteiger charge is 2.25. The predicted molar refractivity (Wildman–Crippen MR) is 120 cm³/mol. The van der Waals surface area contributed by atoms with Gasteiger partial charge < -0.3 is 15.2 Å². The van der Waals surface area contributed by atoms with Crippen LogP contribution in [-0.4, -0.2) is 56.6 Å². The minimum Gasteiger partial charge on any atom is -0.493 e. The van der Waals surface area contributed by atoms with E-state index in [1.54, 1.807) is 18.2 Å².